The number of amides is 2. The summed E-state index contributed by atoms with van der Waals surface area (Å²) in [4.78, 5) is 41.2. The second kappa shape index (κ2) is 14.7. The Morgan fingerprint density at radius 3 is 2.11 bits per heavy atom. The Morgan fingerprint density at radius 2 is 1.45 bits per heavy atom. The van der Waals surface area contributed by atoms with Crippen LogP contribution in [0.4, 0.5) is 17.1 Å². The topological polar surface area (TPSA) is 111 Å². The number of nitrogens with zero attached hydrogens (tertiary/aromatic N) is 1. The van der Waals surface area contributed by atoms with Crippen molar-refractivity contribution in [1.29, 1.82) is 0 Å². The predicted octanol–water partition coefficient (Wildman–Crippen LogP) is 6.89. The molecule has 1 aliphatic heterocycles. The lowest BCUT2D eigenvalue weighted by Crippen LogP contribution is -2.21. The zero-order chi connectivity index (χ0) is 30.9. The van der Waals surface area contributed by atoms with Gasteiger partial charge in [0.1, 0.15) is 0 Å². The molecule has 2 amide bonds. The molecule has 0 saturated carbocycles. The van der Waals surface area contributed by atoms with Gasteiger partial charge in [0.25, 0.3) is 11.8 Å². The monoisotopic (exact) mass is 608 g/mol. The quantitative estimate of drug-likeness (QED) is 0.130. The molecule has 0 radical (unpaired) electrons. The van der Waals surface area contributed by atoms with Gasteiger partial charge in [-0.25, -0.2) is 4.79 Å². The largest absolute Gasteiger partial charge is 0.478 e. The van der Waals surface area contributed by atoms with E-state index in [-0.39, 0.29) is 17.4 Å². The minimum Gasteiger partial charge on any atom is -0.478 e. The third kappa shape index (κ3) is 8.06. The third-order valence-electron chi connectivity index (χ3n) is 7.51. The number of rotatable bonds is 12. The molecule has 0 aliphatic carbocycles. The SMILES string of the molecule is CCNSc1cccc(C(=O)Nc2ccc(N3CCCC3)cc2C(=O)Nc2ccc(CCc3ccc(C(=O)O)cc3)cc2)c1. The van der Waals surface area contributed by atoms with Crippen molar-refractivity contribution in [3.8, 4) is 0 Å². The summed E-state index contributed by atoms with van der Waals surface area (Å²) in [7, 11) is 0. The maximum Gasteiger partial charge on any atom is 0.335 e. The molecule has 4 aromatic carbocycles. The van der Waals surface area contributed by atoms with Gasteiger partial charge < -0.3 is 20.6 Å². The number of benzene rings is 4. The number of anilines is 3. The lowest BCUT2D eigenvalue weighted by Gasteiger charge is -2.20. The smallest absolute Gasteiger partial charge is 0.335 e. The van der Waals surface area contributed by atoms with Crippen LogP contribution >= 0.6 is 11.9 Å². The molecule has 1 fully saturated rings. The minimum absolute atomic E-state index is 0.274. The van der Waals surface area contributed by atoms with Crippen LogP contribution in [0, 0.1) is 0 Å². The van der Waals surface area contributed by atoms with Crippen molar-refractivity contribution < 1.29 is 19.5 Å². The van der Waals surface area contributed by atoms with Crippen LogP contribution in [0.5, 0.6) is 0 Å². The second-order valence-electron chi connectivity index (χ2n) is 10.7. The number of carbonyl (C=O) groups excluding carboxylic acids is 2. The van der Waals surface area contributed by atoms with Gasteiger partial charge in [-0.1, -0.05) is 37.3 Å². The molecule has 0 atom stereocenters. The van der Waals surface area contributed by atoms with Gasteiger partial charge in [0.05, 0.1) is 16.8 Å². The lowest BCUT2D eigenvalue weighted by molar-refractivity contribution is 0.0696. The normalized spacial score (nSPS) is 12.6. The van der Waals surface area contributed by atoms with E-state index in [2.05, 4.69) is 20.3 Å². The van der Waals surface area contributed by atoms with Crippen LogP contribution < -0.4 is 20.3 Å². The Balaban J connectivity index is 1.29. The Bertz CT molecular complexity index is 1620. The number of aryl methyl sites for hydroxylation is 2. The average molecular weight is 609 g/mol. The molecule has 44 heavy (non-hydrogen) atoms. The van der Waals surface area contributed by atoms with Crippen molar-refractivity contribution >= 4 is 46.8 Å². The van der Waals surface area contributed by atoms with Crippen molar-refractivity contribution in [3.05, 3.63) is 119 Å². The van der Waals surface area contributed by atoms with E-state index < -0.39 is 5.97 Å². The molecule has 0 aromatic heterocycles. The Morgan fingerprint density at radius 1 is 0.773 bits per heavy atom. The van der Waals surface area contributed by atoms with Gasteiger partial charge in [-0.05, 0) is 109 Å². The van der Waals surface area contributed by atoms with Crippen molar-refractivity contribution in [1.82, 2.24) is 4.72 Å². The van der Waals surface area contributed by atoms with E-state index in [9.17, 15) is 14.4 Å². The molecule has 4 N–H and O–H groups in total. The molecule has 9 heteroatoms. The number of nitrogens with one attached hydrogen (secondary N) is 3. The molecule has 1 heterocycles. The van der Waals surface area contributed by atoms with E-state index in [1.54, 1.807) is 18.2 Å². The number of carboxylic acids is 1. The molecule has 226 valence electrons. The van der Waals surface area contributed by atoms with Gasteiger partial charge in [-0.3, -0.25) is 14.3 Å². The summed E-state index contributed by atoms with van der Waals surface area (Å²) in [5.41, 5.74) is 5.40. The van der Waals surface area contributed by atoms with E-state index in [0.29, 0.717) is 22.5 Å². The van der Waals surface area contributed by atoms with Crippen molar-refractivity contribution in [3.63, 3.8) is 0 Å². The van der Waals surface area contributed by atoms with Gasteiger partial charge in [0, 0.05) is 41.5 Å². The molecule has 1 aliphatic rings. The summed E-state index contributed by atoms with van der Waals surface area (Å²) in [6.07, 6.45) is 3.78. The first kappa shape index (κ1) is 30.8. The predicted molar refractivity (Wildman–Crippen MR) is 177 cm³/mol. The second-order valence-corrected chi connectivity index (χ2v) is 11.6. The summed E-state index contributed by atoms with van der Waals surface area (Å²) >= 11 is 1.47. The van der Waals surface area contributed by atoms with E-state index in [0.717, 1.165) is 67.0 Å². The van der Waals surface area contributed by atoms with Crippen LogP contribution in [-0.2, 0) is 12.8 Å². The maximum atomic E-state index is 13.6. The standard InChI is InChI=1S/C35H36N4O4S/c1-2-36-44-30-7-5-6-27(22-30)33(40)38-32-19-18-29(39-20-3-4-21-39)23-31(32)34(41)37-28-16-12-25(13-17-28)9-8-24-10-14-26(15-11-24)35(42)43/h5-7,10-19,22-23,36H,2-4,8-9,20-21H2,1H3,(H,37,41)(H,38,40)(H,42,43). The van der Waals surface area contributed by atoms with E-state index >= 15 is 0 Å². The Kier molecular flexibility index (Phi) is 10.3. The molecule has 1 saturated heterocycles. The number of hydrogen-bond donors (Lipinski definition) is 4. The van der Waals surface area contributed by atoms with Crippen molar-refractivity contribution in [2.45, 2.75) is 37.5 Å². The molecule has 0 spiro atoms. The molecule has 5 rings (SSSR count). The first-order valence-corrected chi connectivity index (χ1v) is 15.6. The van der Waals surface area contributed by atoms with Crippen LogP contribution in [0.3, 0.4) is 0 Å². The molecule has 4 aromatic rings. The summed E-state index contributed by atoms with van der Waals surface area (Å²) < 4.78 is 3.19. The van der Waals surface area contributed by atoms with E-state index in [4.69, 9.17) is 5.11 Å². The number of hydrogen-bond acceptors (Lipinski definition) is 6. The first-order chi connectivity index (χ1) is 21.4. The van der Waals surface area contributed by atoms with Gasteiger partial charge in [0.2, 0.25) is 0 Å². The summed E-state index contributed by atoms with van der Waals surface area (Å²) in [5, 5.41) is 15.1. The highest BCUT2D eigenvalue weighted by atomic mass is 32.2. The highest BCUT2D eigenvalue weighted by Gasteiger charge is 2.20. The fourth-order valence-electron chi connectivity index (χ4n) is 5.11. The molecule has 8 nitrogen and oxygen atoms in total. The van der Waals surface area contributed by atoms with Crippen molar-refractivity contribution in [2.75, 3.05) is 35.2 Å². The summed E-state index contributed by atoms with van der Waals surface area (Å²) in [6.45, 7) is 4.70. The van der Waals surface area contributed by atoms with Gasteiger partial charge >= 0.3 is 5.97 Å². The number of carbonyl (C=O) groups is 3. The van der Waals surface area contributed by atoms with Gasteiger partial charge in [-0.15, -0.1) is 0 Å². The van der Waals surface area contributed by atoms with Gasteiger partial charge in [0.15, 0.2) is 0 Å². The third-order valence-corrected chi connectivity index (χ3v) is 8.44. The Labute approximate surface area is 262 Å². The van der Waals surface area contributed by atoms with E-state index in [1.165, 1.54) is 11.9 Å². The number of carboxylic acid groups (broad SMARTS) is 1. The first-order valence-electron chi connectivity index (χ1n) is 14.8. The maximum absolute atomic E-state index is 13.6. The summed E-state index contributed by atoms with van der Waals surface area (Å²) in [5.74, 6) is -1.52. The molecule has 0 bridgehead atoms. The van der Waals surface area contributed by atoms with Crippen LogP contribution in [-0.4, -0.2) is 42.5 Å². The fraction of sp³-hybridized carbons (Fsp3) is 0.229. The van der Waals surface area contributed by atoms with Crippen LogP contribution in [0.25, 0.3) is 0 Å². The molecule has 0 unspecified atom stereocenters. The molecular formula is C35H36N4O4S. The van der Waals surface area contributed by atoms with Crippen LogP contribution in [0.1, 0.15) is 62.0 Å². The zero-order valence-corrected chi connectivity index (χ0v) is 25.5. The Hall–Kier alpha value is -4.60. The highest BCUT2D eigenvalue weighted by Crippen LogP contribution is 2.28. The number of aromatic carboxylic acids is 1. The van der Waals surface area contributed by atoms with E-state index in [1.807, 2.05) is 79.7 Å². The summed E-state index contributed by atoms with van der Waals surface area (Å²) in [6, 6.07) is 27.6. The minimum atomic E-state index is -0.934. The highest BCUT2D eigenvalue weighted by molar-refractivity contribution is 7.97. The van der Waals surface area contributed by atoms with Gasteiger partial charge in [-0.2, -0.15) is 0 Å². The lowest BCUT2D eigenvalue weighted by atomic mass is 10.0. The molecular weight excluding hydrogens is 572 g/mol. The van der Waals surface area contributed by atoms with Crippen LogP contribution in [0.15, 0.2) is 95.9 Å². The fourth-order valence-corrected chi connectivity index (χ4v) is 5.75. The average Bonchev–Trinajstić information content (AvgIpc) is 3.59. The van der Waals surface area contributed by atoms with Crippen molar-refractivity contribution in [2.24, 2.45) is 0 Å². The van der Waals surface area contributed by atoms with Crippen LogP contribution in [0.2, 0.25) is 0 Å². The zero-order valence-electron chi connectivity index (χ0n) is 24.6.